The number of likely N-dealkylation sites (N-methyl/N-ethyl adjacent to an activating group) is 1. The van der Waals surface area contributed by atoms with Crippen LogP contribution in [-0.4, -0.2) is 30.9 Å². The number of aryl methyl sites for hydroxylation is 1. The summed E-state index contributed by atoms with van der Waals surface area (Å²) in [6, 6.07) is 5.86. The van der Waals surface area contributed by atoms with E-state index in [1.54, 1.807) is 0 Å². The predicted molar refractivity (Wildman–Crippen MR) is 68.9 cm³/mol. The van der Waals surface area contributed by atoms with E-state index in [2.05, 4.69) is 21.2 Å². The monoisotopic (exact) mass is 287 g/mol. The summed E-state index contributed by atoms with van der Waals surface area (Å²) in [6.45, 7) is 5.71. The van der Waals surface area contributed by atoms with Crippen LogP contribution >= 0.6 is 15.9 Å². The van der Waals surface area contributed by atoms with Crippen LogP contribution in [0.2, 0.25) is 0 Å². The maximum atomic E-state index is 9.60. The van der Waals surface area contributed by atoms with E-state index in [0.29, 0.717) is 13.2 Å². The van der Waals surface area contributed by atoms with E-state index < -0.39 is 6.10 Å². The molecule has 0 radical (unpaired) electrons. The van der Waals surface area contributed by atoms with Crippen LogP contribution in [0.5, 0.6) is 5.75 Å². The number of ether oxygens (including phenoxy) is 1. The van der Waals surface area contributed by atoms with Gasteiger partial charge in [0.2, 0.25) is 0 Å². The highest BCUT2D eigenvalue weighted by atomic mass is 79.9. The normalized spacial score (nSPS) is 12.5. The Balaban J connectivity index is 2.44. The largest absolute Gasteiger partial charge is 0.491 e. The fourth-order valence-corrected chi connectivity index (χ4v) is 1.63. The fourth-order valence-electron chi connectivity index (χ4n) is 1.29. The number of halogens is 1. The van der Waals surface area contributed by atoms with Gasteiger partial charge in [0.05, 0.1) is 0 Å². The lowest BCUT2D eigenvalue weighted by atomic mass is 10.2. The molecule has 90 valence electrons. The van der Waals surface area contributed by atoms with Gasteiger partial charge in [0.1, 0.15) is 18.5 Å². The second kappa shape index (κ2) is 6.89. The van der Waals surface area contributed by atoms with Crippen molar-refractivity contribution in [2.24, 2.45) is 0 Å². The third-order valence-electron chi connectivity index (χ3n) is 2.21. The van der Waals surface area contributed by atoms with E-state index in [1.807, 2.05) is 32.0 Å². The van der Waals surface area contributed by atoms with Crippen LogP contribution in [0.4, 0.5) is 0 Å². The average molecular weight is 288 g/mol. The van der Waals surface area contributed by atoms with Crippen molar-refractivity contribution >= 4 is 15.9 Å². The minimum absolute atomic E-state index is 0.310. The molecule has 1 atom stereocenters. The molecule has 1 aromatic carbocycles. The highest BCUT2D eigenvalue weighted by Crippen LogP contribution is 2.22. The maximum Gasteiger partial charge on any atom is 0.123 e. The second-order valence-electron chi connectivity index (χ2n) is 3.68. The van der Waals surface area contributed by atoms with E-state index in [9.17, 15) is 5.11 Å². The Morgan fingerprint density at radius 2 is 2.25 bits per heavy atom. The van der Waals surface area contributed by atoms with E-state index in [-0.39, 0.29) is 0 Å². The van der Waals surface area contributed by atoms with Gasteiger partial charge in [-0.1, -0.05) is 28.9 Å². The third-order valence-corrected chi connectivity index (χ3v) is 2.70. The number of rotatable bonds is 6. The van der Waals surface area contributed by atoms with Crippen molar-refractivity contribution in [1.82, 2.24) is 5.32 Å². The molecule has 0 spiro atoms. The molecule has 0 aliphatic carbocycles. The van der Waals surface area contributed by atoms with E-state index in [1.165, 1.54) is 0 Å². The van der Waals surface area contributed by atoms with E-state index in [0.717, 1.165) is 22.3 Å². The average Bonchev–Trinajstić information content (AvgIpc) is 2.27. The molecule has 1 rings (SSSR count). The molecule has 0 bridgehead atoms. The molecule has 0 saturated carbocycles. The first-order valence-electron chi connectivity index (χ1n) is 5.41. The molecule has 16 heavy (non-hydrogen) atoms. The summed E-state index contributed by atoms with van der Waals surface area (Å²) in [5.74, 6) is 0.810. The van der Waals surface area contributed by atoms with Crippen LogP contribution in [0, 0.1) is 6.92 Å². The van der Waals surface area contributed by atoms with Gasteiger partial charge in [-0.25, -0.2) is 0 Å². The van der Waals surface area contributed by atoms with Gasteiger partial charge in [0.25, 0.3) is 0 Å². The van der Waals surface area contributed by atoms with Crippen LogP contribution in [0.25, 0.3) is 0 Å². The smallest absolute Gasteiger partial charge is 0.123 e. The minimum atomic E-state index is -0.474. The van der Waals surface area contributed by atoms with Gasteiger partial charge < -0.3 is 15.2 Å². The van der Waals surface area contributed by atoms with Crippen LogP contribution in [-0.2, 0) is 0 Å². The van der Waals surface area contributed by atoms with Gasteiger partial charge in [-0.15, -0.1) is 0 Å². The standard InChI is InChI=1S/C12H18BrNO2/c1-3-14-7-11(15)8-16-12-6-10(13)5-4-9(12)2/h4-6,11,14-15H,3,7-8H2,1-2H3. The summed E-state index contributed by atoms with van der Waals surface area (Å²) in [5.41, 5.74) is 1.07. The van der Waals surface area contributed by atoms with Crippen molar-refractivity contribution in [3.63, 3.8) is 0 Å². The molecule has 3 nitrogen and oxygen atoms in total. The van der Waals surface area contributed by atoms with Crippen molar-refractivity contribution < 1.29 is 9.84 Å². The molecule has 1 aromatic rings. The number of nitrogens with one attached hydrogen (secondary N) is 1. The Labute approximate surface area is 105 Å². The second-order valence-corrected chi connectivity index (χ2v) is 4.60. The van der Waals surface area contributed by atoms with Gasteiger partial charge in [-0.3, -0.25) is 0 Å². The van der Waals surface area contributed by atoms with Gasteiger partial charge >= 0.3 is 0 Å². The summed E-state index contributed by atoms with van der Waals surface area (Å²) in [4.78, 5) is 0. The molecule has 0 aliphatic rings. The fraction of sp³-hybridized carbons (Fsp3) is 0.500. The third kappa shape index (κ3) is 4.51. The highest BCUT2D eigenvalue weighted by molar-refractivity contribution is 9.10. The Kier molecular flexibility index (Phi) is 5.80. The lowest BCUT2D eigenvalue weighted by Gasteiger charge is -2.14. The van der Waals surface area contributed by atoms with Crippen LogP contribution in [0.3, 0.4) is 0 Å². The SMILES string of the molecule is CCNCC(O)COc1cc(Br)ccc1C. The first-order chi connectivity index (χ1) is 7.63. The van der Waals surface area contributed by atoms with Gasteiger partial charge in [-0.05, 0) is 31.2 Å². The lowest BCUT2D eigenvalue weighted by Crippen LogP contribution is -2.31. The zero-order valence-corrected chi connectivity index (χ0v) is 11.3. The first-order valence-corrected chi connectivity index (χ1v) is 6.20. The Hall–Kier alpha value is -0.580. The molecule has 0 aromatic heterocycles. The number of hydrogen-bond acceptors (Lipinski definition) is 3. The number of hydrogen-bond donors (Lipinski definition) is 2. The zero-order chi connectivity index (χ0) is 12.0. The quantitative estimate of drug-likeness (QED) is 0.842. The summed E-state index contributed by atoms with van der Waals surface area (Å²) >= 11 is 3.39. The Bertz CT molecular complexity index is 331. The van der Waals surface area contributed by atoms with Crippen LogP contribution in [0.1, 0.15) is 12.5 Å². The number of aliphatic hydroxyl groups is 1. The number of aliphatic hydroxyl groups excluding tert-OH is 1. The van der Waals surface area contributed by atoms with Gasteiger partial charge in [0.15, 0.2) is 0 Å². The Morgan fingerprint density at radius 3 is 2.94 bits per heavy atom. The summed E-state index contributed by atoms with van der Waals surface area (Å²) in [6.07, 6.45) is -0.474. The molecule has 0 fully saturated rings. The lowest BCUT2D eigenvalue weighted by molar-refractivity contribution is 0.106. The molecule has 0 amide bonds. The zero-order valence-electron chi connectivity index (χ0n) is 9.66. The van der Waals surface area contributed by atoms with Crippen LogP contribution in [0.15, 0.2) is 22.7 Å². The molecular formula is C12H18BrNO2. The van der Waals surface area contributed by atoms with Gasteiger partial charge in [0, 0.05) is 11.0 Å². The first kappa shape index (κ1) is 13.5. The highest BCUT2D eigenvalue weighted by Gasteiger charge is 2.06. The van der Waals surface area contributed by atoms with Crippen molar-refractivity contribution in [3.8, 4) is 5.75 Å². The molecule has 0 heterocycles. The molecule has 2 N–H and O–H groups in total. The van der Waals surface area contributed by atoms with Crippen molar-refractivity contribution in [2.75, 3.05) is 19.7 Å². The Morgan fingerprint density at radius 1 is 1.50 bits per heavy atom. The minimum Gasteiger partial charge on any atom is -0.491 e. The van der Waals surface area contributed by atoms with E-state index in [4.69, 9.17) is 4.74 Å². The molecule has 0 saturated heterocycles. The predicted octanol–water partition coefficient (Wildman–Crippen LogP) is 2.11. The van der Waals surface area contributed by atoms with Crippen molar-refractivity contribution in [3.05, 3.63) is 28.2 Å². The summed E-state index contributed by atoms with van der Waals surface area (Å²) in [5, 5.41) is 12.7. The van der Waals surface area contributed by atoms with Crippen LogP contribution < -0.4 is 10.1 Å². The molecular weight excluding hydrogens is 270 g/mol. The topological polar surface area (TPSA) is 41.5 Å². The molecule has 1 unspecified atom stereocenters. The molecule has 0 aliphatic heterocycles. The van der Waals surface area contributed by atoms with Crippen molar-refractivity contribution in [2.45, 2.75) is 20.0 Å². The summed E-state index contributed by atoms with van der Waals surface area (Å²) in [7, 11) is 0. The maximum absolute atomic E-state index is 9.60. The van der Waals surface area contributed by atoms with Crippen molar-refractivity contribution in [1.29, 1.82) is 0 Å². The summed E-state index contributed by atoms with van der Waals surface area (Å²) < 4.78 is 6.54. The van der Waals surface area contributed by atoms with Gasteiger partial charge in [-0.2, -0.15) is 0 Å². The van der Waals surface area contributed by atoms with E-state index >= 15 is 0 Å². The number of benzene rings is 1. The molecule has 4 heteroatoms.